The van der Waals surface area contributed by atoms with Crippen molar-refractivity contribution in [3.8, 4) is 0 Å². The molecule has 2 amide bonds. The first-order chi connectivity index (χ1) is 9.82. The van der Waals surface area contributed by atoms with E-state index < -0.39 is 29.6 Å². The topological polar surface area (TPSA) is 142 Å². The molecule has 21 heavy (non-hydrogen) atoms. The predicted molar refractivity (Wildman–Crippen MR) is 71.7 cm³/mol. The number of carboxylic acids is 1. The lowest BCUT2D eigenvalue weighted by molar-refractivity contribution is -0.385. The Morgan fingerprint density at radius 3 is 2.62 bits per heavy atom. The van der Waals surface area contributed by atoms with Gasteiger partial charge in [0.1, 0.15) is 0 Å². The number of amides is 2. The highest BCUT2D eigenvalue weighted by Crippen LogP contribution is 2.20. The van der Waals surface area contributed by atoms with E-state index in [9.17, 15) is 19.7 Å². The summed E-state index contributed by atoms with van der Waals surface area (Å²) in [6.07, 6.45) is -1.68. The van der Waals surface area contributed by atoms with Crippen LogP contribution in [0, 0.1) is 17.0 Å². The molecular formula is C12H15N3O6. The second kappa shape index (κ2) is 7.20. The molecule has 0 aliphatic heterocycles. The van der Waals surface area contributed by atoms with E-state index >= 15 is 0 Å². The van der Waals surface area contributed by atoms with Gasteiger partial charge in [-0.05, 0) is 12.5 Å². The first kappa shape index (κ1) is 16.4. The number of nitro groups is 1. The molecular weight excluding hydrogens is 282 g/mol. The highest BCUT2D eigenvalue weighted by atomic mass is 16.6. The van der Waals surface area contributed by atoms with Gasteiger partial charge in [0.15, 0.2) is 6.10 Å². The summed E-state index contributed by atoms with van der Waals surface area (Å²) in [5, 5.41) is 32.8. The second-order valence-corrected chi connectivity index (χ2v) is 4.24. The Hall–Kier alpha value is -2.68. The molecule has 9 heteroatoms. The zero-order valence-corrected chi connectivity index (χ0v) is 11.2. The van der Waals surface area contributed by atoms with Crippen molar-refractivity contribution in [1.29, 1.82) is 0 Å². The lowest BCUT2D eigenvalue weighted by Crippen LogP contribution is -2.41. The molecule has 0 aliphatic carbocycles. The summed E-state index contributed by atoms with van der Waals surface area (Å²) < 4.78 is 0. The highest BCUT2D eigenvalue weighted by Gasteiger charge is 2.15. The smallest absolute Gasteiger partial charge is 0.334 e. The van der Waals surface area contributed by atoms with Crippen molar-refractivity contribution in [1.82, 2.24) is 10.6 Å². The number of nitrogens with zero attached hydrogens (tertiary/aromatic N) is 1. The number of urea groups is 1. The van der Waals surface area contributed by atoms with Crippen molar-refractivity contribution in [2.24, 2.45) is 0 Å². The number of carboxylic acid groups (broad SMARTS) is 1. The summed E-state index contributed by atoms with van der Waals surface area (Å²) in [7, 11) is 0. The molecule has 9 nitrogen and oxygen atoms in total. The number of aliphatic carboxylic acids is 1. The van der Waals surface area contributed by atoms with Crippen molar-refractivity contribution in [2.45, 2.75) is 19.6 Å². The molecule has 1 aromatic rings. The molecule has 0 radical (unpaired) electrons. The molecule has 0 bridgehead atoms. The Morgan fingerprint density at radius 2 is 2.05 bits per heavy atom. The average molecular weight is 297 g/mol. The molecule has 114 valence electrons. The van der Waals surface area contributed by atoms with Gasteiger partial charge in [-0.2, -0.15) is 0 Å². The lowest BCUT2D eigenvalue weighted by Gasteiger charge is -2.10. The van der Waals surface area contributed by atoms with Crippen LogP contribution in [0.25, 0.3) is 0 Å². The average Bonchev–Trinajstić information content (AvgIpc) is 2.43. The first-order valence-corrected chi connectivity index (χ1v) is 5.98. The van der Waals surface area contributed by atoms with E-state index in [2.05, 4.69) is 10.6 Å². The van der Waals surface area contributed by atoms with Crippen LogP contribution in [-0.4, -0.2) is 39.8 Å². The van der Waals surface area contributed by atoms with Crippen molar-refractivity contribution in [3.05, 3.63) is 39.4 Å². The van der Waals surface area contributed by atoms with Crippen LogP contribution in [-0.2, 0) is 11.3 Å². The fourth-order valence-corrected chi connectivity index (χ4v) is 1.57. The minimum absolute atomic E-state index is 0.0442. The number of nitrogens with one attached hydrogen (secondary N) is 2. The minimum atomic E-state index is -1.68. The summed E-state index contributed by atoms with van der Waals surface area (Å²) in [4.78, 5) is 32.0. The Labute approximate surface area is 119 Å². The molecule has 0 spiro atoms. The normalized spacial score (nSPS) is 11.5. The van der Waals surface area contributed by atoms with E-state index in [4.69, 9.17) is 10.2 Å². The predicted octanol–water partition coefficient (Wildman–Crippen LogP) is 0.148. The summed E-state index contributed by atoms with van der Waals surface area (Å²) in [6, 6.07) is 3.83. The number of nitro benzene ring substituents is 1. The van der Waals surface area contributed by atoms with Gasteiger partial charge in [0, 0.05) is 18.2 Å². The van der Waals surface area contributed by atoms with E-state index in [1.54, 1.807) is 13.0 Å². The SMILES string of the molecule is Cc1c(CNC(=O)NC[C@H](O)C(=O)O)cccc1[N+](=O)[O-]. The van der Waals surface area contributed by atoms with Crippen LogP contribution >= 0.6 is 0 Å². The third kappa shape index (κ3) is 4.73. The largest absolute Gasteiger partial charge is 0.479 e. The molecule has 4 N–H and O–H groups in total. The molecule has 1 aromatic carbocycles. The third-order valence-electron chi connectivity index (χ3n) is 2.79. The molecule has 0 saturated heterocycles. The van der Waals surface area contributed by atoms with E-state index in [1.165, 1.54) is 12.1 Å². The van der Waals surface area contributed by atoms with Crippen LogP contribution in [0.1, 0.15) is 11.1 Å². The summed E-state index contributed by atoms with van der Waals surface area (Å²) in [5.41, 5.74) is 0.961. The summed E-state index contributed by atoms with van der Waals surface area (Å²) in [6.45, 7) is 1.18. The van der Waals surface area contributed by atoms with E-state index in [0.717, 1.165) is 0 Å². The van der Waals surface area contributed by atoms with Crippen LogP contribution < -0.4 is 10.6 Å². The Morgan fingerprint density at radius 1 is 1.38 bits per heavy atom. The van der Waals surface area contributed by atoms with Gasteiger partial charge in [0.05, 0.1) is 11.5 Å². The first-order valence-electron chi connectivity index (χ1n) is 5.98. The molecule has 0 aromatic heterocycles. The Bertz CT molecular complexity index is 560. The molecule has 0 unspecified atom stereocenters. The van der Waals surface area contributed by atoms with E-state index in [1.807, 2.05) is 0 Å². The zero-order chi connectivity index (χ0) is 16.0. The fourth-order valence-electron chi connectivity index (χ4n) is 1.57. The van der Waals surface area contributed by atoms with Gasteiger partial charge in [0.25, 0.3) is 5.69 Å². The molecule has 0 aliphatic rings. The van der Waals surface area contributed by atoms with Crippen molar-refractivity contribution in [2.75, 3.05) is 6.54 Å². The van der Waals surface area contributed by atoms with Crippen LogP contribution in [0.2, 0.25) is 0 Å². The van der Waals surface area contributed by atoms with Crippen molar-refractivity contribution in [3.63, 3.8) is 0 Å². The van der Waals surface area contributed by atoms with E-state index in [-0.39, 0.29) is 12.2 Å². The molecule has 0 fully saturated rings. The third-order valence-corrected chi connectivity index (χ3v) is 2.79. The second-order valence-electron chi connectivity index (χ2n) is 4.24. The highest BCUT2D eigenvalue weighted by molar-refractivity contribution is 5.76. The molecule has 1 rings (SSSR count). The standard InChI is InChI=1S/C12H15N3O6/c1-7-8(3-2-4-9(7)15(20)21)5-13-12(19)14-6-10(16)11(17)18/h2-4,10,16H,5-6H2,1H3,(H,17,18)(H2,13,14,19)/t10-/m0/s1. The van der Waals surface area contributed by atoms with Gasteiger partial charge in [-0.25, -0.2) is 9.59 Å². The number of aliphatic hydroxyl groups is 1. The summed E-state index contributed by atoms with van der Waals surface area (Å²) >= 11 is 0. The van der Waals surface area contributed by atoms with Crippen molar-refractivity contribution < 1.29 is 24.7 Å². The number of carbonyl (C=O) groups is 2. The Kier molecular flexibility index (Phi) is 5.61. The maximum absolute atomic E-state index is 11.4. The molecule has 1 atom stereocenters. The molecule has 0 saturated carbocycles. The number of hydrogen-bond acceptors (Lipinski definition) is 5. The Balaban J connectivity index is 2.56. The quantitative estimate of drug-likeness (QED) is 0.435. The number of benzene rings is 1. The number of rotatable bonds is 6. The van der Waals surface area contributed by atoms with Crippen LogP contribution in [0.4, 0.5) is 10.5 Å². The monoisotopic (exact) mass is 297 g/mol. The minimum Gasteiger partial charge on any atom is -0.479 e. The van der Waals surface area contributed by atoms with Gasteiger partial charge in [-0.3, -0.25) is 10.1 Å². The maximum atomic E-state index is 11.4. The zero-order valence-electron chi connectivity index (χ0n) is 11.2. The maximum Gasteiger partial charge on any atom is 0.334 e. The van der Waals surface area contributed by atoms with Gasteiger partial charge in [-0.1, -0.05) is 12.1 Å². The van der Waals surface area contributed by atoms with Crippen molar-refractivity contribution >= 4 is 17.7 Å². The van der Waals surface area contributed by atoms with Gasteiger partial charge >= 0.3 is 12.0 Å². The lowest BCUT2D eigenvalue weighted by atomic mass is 10.1. The fraction of sp³-hybridized carbons (Fsp3) is 0.333. The van der Waals surface area contributed by atoms with E-state index in [0.29, 0.717) is 11.1 Å². The van der Waals surface area contributed by atoms with Crippen LogP contribution in [0.3, 0.4) is 0 Å². The summed E-state index contributed by atoms with van der Waals surface area (Å²) in [5.74, 6) is -1.44. The van der Waals surface area contributed by atoms with Crippen LogP contribution in [0.5, 0.6) is 0 Å². The number of carbonyl (C=O) groups excluding carboxylic acids is 1. The number of hydrogen-bond donors (Lipinski definition) is 4. The van der Waals surface area contributed by atoms with Gasteiger partial charge < -0.3 is 20.8 Å². The number of aliphatic hydroxyl groups excluding tert-OH is 1. The molecule has 0 heterocycles. The van der Waals surface area contributed by atoms with Crippen LogP contribution in [0.15, 0.2) is 18.2 Å². The van der Waals surface area contributed by atoms with Gasteiger partial charge in [0.2, 0.25) is 0 Å². The van der Waals surface area contributed by atoms with Gasteiger partial charge in [-0.15, -0.1) is 0 Å².